The van der Waals surface area contributed by atoms with Crippen molar-refractivity contribution in [2.24, 2.45) is 11.8 Å². The Morgan fingerprint density at radius 1 is 0.808 bits per heavy atom. The van der Waals surface area contributed by atoms with Crippen LogP contribution in [0.15, 0.2) is 91.0 Å². The summed E-state index contributed by atoms with van der Waals surface area (Å²) in [6.45, 7) is 4.88. The lowest BCUT2D eigenvalue weighted by Crippen LogP contribution is -2.63. The Labute approximate surface area is 302 Å². The van der Waals surface area contributed by atoms with Crippen molar-refractivity contribution in [1.82, 2.24) is 16.0 Å². The van der Waals surface area contributed by atoms with E-state index in [1.54, 1.807) is 20.8 Å². The molecule has 3 aromatic rings. The minimum Gasteiger partial charge on any atom is -0.469 e. The maximum atomic E-state index is 14.1. The molecule has 1 aliphatic carbocycles. The summed E-state index contributed by atoms with van der Waals surface area (Å²) < 4.78 is 41.4. The molecule has 0 aromatic heterocycles. The molecule has 2 fully saturated rings. The molecule has 276 valence electrons. The number of carbonyl (C=O) groups excluding carboxylic acids is 5. The van der Waals surface area contributed by atoms with Gasteiger partial charge in [-0.2, -0.15) is 0 Å². The lowest BCUT2D eigenvalue weighted by atomic mass is 9.77. The molecule has 3 aromatic carbocycles. The second-order valence-electron chi connectivity index (χ2n) is 13.9. The van der Waals surface area contributed by atoms with Crippen molar-refractivity contribution >= 4 is 39.7 Å². The van der Waals surface area contributed by atoms with E-state index in [0.717, 1.165) is 30.9 Å². The molecule has 0 spiro atoms. The van der Waals surface area contributed by atoms with Crippen molar-refractivity contribution in [2.75, 3.05) is 20.0 Å². The molecule has 5 atom stereocenters. The summed E-state index contributed by atoms with van der Waals surface area (Å²) in [6, 6.07) is 26.7. The van der Waals surface area contributed by atoms with E-state index in [9.17, 15) is 32.4 Å². The highest BCUT2D eigenvalue weighted by molar-refractivity contribution is 7.92. The molecule has 3 amide bonds. The summed E-state index contributed by atoms with van der Waals surface area (Å²) in [4.78, 5) is 66.9. The summed E-state index contributed by atoms with van der Waals surface area (Å²) in [5, 5.41) is 6.94. The molecule has 5 rings (SSSR count). The summed E-state index contributed by atoms with van der Waals surface area (Å²) in [7, 11) is -1.93. The van der Waals surface area contributed by atoms with Crippen LogP contribution in [0.4, 0.5) is 4.79 Å². The summed E-state index contributed by atoms with van der Waals surface area (Å²) in [5.74, 6) is -6.57. The Morgan fingerprint density at radius 3 is 1.75 bits per heavy atom. The van der Waals surface area contributed by atoms with Gasteiger partial charge in [-0.25, -0.2) is 18.0 Å². The molecular weight excluding hydrogens is 690 g/mol. The second-order valence-corrected chi connectivity index (χ2v) is 16.1. The zero-order valence-corrected chi connectivity index (χ0v) is 30.4. The third-order valence-corrected chi connectivity index (χ3v) is 11.6. The SMILES string of the molecule is COC(=O)[C@@H]1[C@@H]2[C@H]1S(=O)(=O)C[C@@]2(NC(=O)[C@H](CCC(=O)NC(c1ccccc1)(c1ccccc1)c1ccccc1)NC(=O)OC(C)(C)C)C(=O)OC. The number of hydrogen-bond acceptors (Lipinski definition) is 10. The van der Waals surface area contributed by atoms with Gasteiger partial charge in [0.2, 0.25) is 11.8 Å². The highest BCUT2D eigenvalue weighted by Crippen LogP contribution is 2.58. The van der Waals surface area contributed by atoms with Gasteiger partial charge < -0.3 is 30.2 Å². The number of rotatable bonds is 12. The number of methoxy groups -OCH3 is 2. The predicted octanol–water partition coefficient (Wildman–Crippen LogP) is 3.01. The predicted molar refractivity (Wildman–Crippen MR) is 189 cm³/mol. The van der Waals surface area contributed by atoms with E-state index in [-0.39, 0.29) is 12.8 Å². The van der Waals surface area contributed by atoms with Gasteiger partial charge in [-0.1, -0.05) is 91.0 Å². The molecule has 1 saturated carbocycles. The highest BCUT2D eigenvalue weighted by Gasteiger charge is 2.79. The number of amides is 3. The van der Waals surface area contributed by atoms with Crippen molar-refractivity contribution in [1.29, 1.82) is 0 Å². The Balaban J connectivity index is 1.46. The maximum Gasteiger partial charge on any atom is 0.408 e. The Morgan fingerprint density at radius 2 is 1.31 bits per heavy atom. The molecule has 13 nitrogen and oxygen atoms in total. The van der Waals surface area contributed by atoms with Gasteiger partial charge in [0.1, 0.15) is 17.2 Å². The van der Waals surface area contributed by atoms with Crippen molar-refractivity contribution < 1.29 is 46.6 Å². The van der Waals surface area contributed by atoms with Crippen molar-refractivity contribution in [3.05, 3.63) is 108 Å². The first-order valence-corrected chi connectivity index (χ1v) is 18.5. The number of hydrogen-bond donors (Lipinski definition) is 3. The van der Waals surface area contributed by atoms with Gasteiger partial charge in [-0.05, 0) is 43.9 Å². The zero-order chi connectivity index (χ0) is 37.9. The largest absolute Gasteiger partial charge is 0.469 e. The van der Waals surface area contributed by atoms with Crippen LogP contribution in [0.3, 0.4) is 0 Å². The first kappa shape index (κ1) is 38.0. The molecule has 0 bridgehead atoms. The van der Waals surface area contributed by atoms with Crippen LogP contribution in [-0.4, -0.2) is 80.7 Å². The first-order valence-electron chi connectivity index (χ1n) is 16.8. The fourth-order valence-corrected chi connectivity index (χ4v) is 9.84. The number of nitrogens with one attached hydrogen (secondary N) is 3. The van der Waals surface area contributed by atoms with E-state index < -0.39 is 85.2 Å². The normalized spacial score (nSPS) is 22.1. The van der Waals surface area contributed by atoms with Crippen LogP contribution in [0.5, 0.6) is 0 Å². The summed E-state index contributed by atoms with van der Waals surface area (Å²) >= 11 is 0. The Bertz CT molecular complexity index is 1820. The molecule has 1 heterocycles. The average molecular weight is 734 g/mol. The van der Waals surface area contributed by atoms with E-state index in [1.807, 2.05) is 91.0 Å². The summed E-state index contributed by atoms with van der Waals surface area (Å²) in [5.41, 5.74) is -1.96. The zero-order valence-electron chi connectivity index (χ0n) is 29.6. The minimum absolute atomic E-state index is 0.288. The second kappa shape index (κ2) is 14.8. The maximum absolute atomic E-state index is 14.1. The van der Waals surface area contributed by atoms with Gasteiger partial charge in [-0.3, -0.25) is 14.4 Å². The van der Waals surface area contributed by atoms with Crippen molar-refractivity contribution in [3.8, 4) is 0 Å². The number of esters is 2. The Kier molecular flexibility index (Phi) is 10.8. The number of sulfone groups is 1. The monoisotopic (exact) mass is 733 g/mol. The third-order valence-electron chi connectivity index (χ3n) is 9.35. The van der Waals surface area contributed by atoms with Crippen LogP contribution < -0.4 is 16.0 Å². The Hall–Kier alpha value is -5.24. The van der Waals surface area contributed by atoms with Gasteiger partial charge in [0.05, 0.1) is 31.1 Å². The average Bonchev–Trinajstić information content (AvgIpc) is 3.84. The lowest BCUT2D eigenvalue weighted by Gasteiger charge is -2.37. The van der Waals surface area contributed by atoms with E-state index in [4.69, 9.17) is 14.2 Å². The number of alkyl carbamates (subject to hydrolysis) is 1. The fraction of sp³-hybridized carbons (Fsp3) is 0.395. The molecule has 0 radical (unpaired) electrons. The van der Waals surface area contributed by atoms with E-state index >= 15 is 0 Å². The van der Waals surface area contributed by atoms with Crippen LogP contribution in [0.25, 0.3) is 0 Å². The third kappa shape index (κ3) is 7.52. The van der Waals surface area contributed by atoms with Crippen LogP contribution in [0, 0.1) is 11.8 Å². The molecule has 52 heavy (non-hydrogen) atoms. The molecule has 0 unspecified atom stereocenters. The molecular formula is C38H43N3O10S. The number of ether oxygens (including phenoxy) is 3. The minimum atomic E-state index is -4.05. The van der Waals surface area contributed by atoms with Crippen LogP contribution in [0.2, 0.25) is 0 Å². The lowest BCUT2D eigenvalue weighted by molar-refractivity contribution is -0.152. The van der Waals surface area contributed by atoms with Gasteiger partial charge in [0.25, 0.3) is 0 Å². The number of benzene rings is 3. The standard InChI is InChI=1S/C38H43N3O10S/c1-36(2,3)51-35(46)39-27(32(43)41-37(34(45)50-5)23-52(47,48)31-29(30(31)37)33(44)49-4)21-22-28(42)40-38(24-15-9-6-10-16-24,25-17-11-7-12-18-25)26-19-13-8-14-20-26/h6-20,27,29-31H,21-23H2,1-5H3,(H,39,46)(H,40,42)(H,41,43)/t27-,29+,30+,31-,37-/m0/s1. The molecule has 2 aliphatic rings. The quantitative estimate of drug-likeness (QED) is 0.142. The highest BCUT2D eigenvalue weighted by atomic mass is 32.2. The van der Waals surface area contributed by atoms with Crippen LogP contribution in [0.1, 0.15) is 50.3 Å². The molecule has 14 heteroatoms. The van der Waals surface area contributed by atoms with E-state index in [1.165, 1.54) is 0 Å². The van der Waals surface area contributed by atoms with E-state index in [2.05, 4.69) is 16.0 Å². The van der Waals surface area contributed by atoms with Crippen molar-refractivity contribution in [3.63, 3.8) is 0 Å². The fourth-order valence-electron chi connectivity index (χ4n) is 7.14. The number of carbonyl (C=O) groups is 5. The smallest absolute Gasteiger partial charge is 0.408 e. The number of fused-ring (bicyclic) bond motifs is 1. The van der Waals surface area contributed by atoms with Crippen molar-refractivity contribution in [2.45, 2.75) is 61.6 Å². The molecule has 1 saturated heterocycles. The molecule has 1 aliphatic heterocycles. The first-order chi connectivity index (χ1) is 24.6. The molecule has 3 N–H and O–H groups in total. The van der Waals surface area contributed by atoms with Gasteiger partial charge in [-0.15, -0.1) is 0 Å². The van der Waals surface area contributed by atoms with Crippen LogP contribution >= 0.6 is 0 Å². The topological polar surface area (TPSA) is 183 Å². The van der Waals surface area contributed by atoms with Gasteiger partial charge in [0.15, 0.2) is 15.4 Å². The van der Waals surface area contributed by atoms with Gasteiger partial charge in [0, 0.05) is 12.3 Å². The van der Waals surface area contributed by atoms with E-state index in [0.29, 0.717) is 0 Å². The summed E-state index contributed by atoms with van der Waals surface area (Å²) in [6.07, 6.45) is -1.57. The van der Waals surface area contributed by atoms with Crippen LogP contribution in [-0.2, 0) is 48.8 Å². The van der Waals surface area contributed by atoms with Gasteiger partial charge >= 0.3 is 18.0 Å².